The molecule has 1 aromatic carbocycles. The first-order valence-corrected chi connectivity index (χ1v) is 8.37. The molecule has 4 rings (SSSR count). The van der Waals surface area contributed by atoms with Crippen LogP contribution in [0.5, 0.6) is 0 Å². The number of rotatable bonds is 3. The van der Waals surface area contributed by atoms with Gasteiger partial charge in [-0.3, -0.25) is 9.97 Å². The first kappa shape index (κ1) is 14.1. The van der Waals surface area contributed by atoms with Gasteiger partial charge in [0, 0.05) is 29.7 Å². The van der Waals surface area contributed by atoms with E-state index >= 15 is 0 Å². The molecule has 114 valence electrons. The Bertz CT molecular complexity index is 775. The minimum absolute atomic E-state index is 0.656. The van der Waals surface area contributed by atoms with Crippen molar-refractivity contribution in [2.75, 3.05) is 0 Å². The lowest BCUT2D eigenvalue weighted by molar-refractivity contribution is 0.724. The minimum atomic E-state index is 0.656. The summed E-state index contributed by atoms with van der Waals surface area (Å²) >= 11 is 0. The van der Waals surface area contributed by atoms with Gasteiger partial charge in [0.05, 0.1) is 5.69 Å². The minimum Gasteiger partial charge on any atom is -0.264 e. The van der Waals surface area contributed by atoms with E-state index in [4.69, 9.17) is 4.98 Å². The van der Waals surface area contributed by atoms with Gasteiger partial charge < -0.3 is 0 Å². The van der Waals surface area contributed by atoms with Crippen LogP contribution in [0.3, 0.4) is 0 Å². The molecule has 2 nitrogen and oxygen atoms in total. The average molecular weight is 300 g/mol. The van der Waals surface area contributed by atoms with E-state index in [1.54, 1.807) is 6.20 Å². The molecule has 2 heteroatoms. The number of hydrogen-bond acceptors (Lipinski definition) is 2. The van der Waals surface area contributed by atoms with Crippen molar-refractivity contribution in [3.05, 3.63) is 72.7 Å². The maximum absolute atomic E-state index is 4.72. The van der Waals surface area contributed by atoms with E-state index in [0.29, 0.717) is 5.92 Å². The second kappa shape index (κ2) is 6.33. The van der Waals surface area contributed by atoms with Crippen LogP contribution in [0.2, 0.25) is 0 Å². The van der Waals surface area contributed by atoms with Gasteiger partial charge in [-0.1, -0.05) is 43.2 Å². The Morgan fingerprint density at radius 1 is 0.826 bits per heavy atom. The number of aromatic nitrogens is 2. The van der Waals surface area contributed by atoms with E-state index in [1.165, 1.54) is 42.4 Å². The molecule has 0 N–H and O–H groups in total. The summed E-state index contributed by atoms with van der Waals surface area (Å²) in [5.74, 6) is 0.656. The maximum atomic E-state index is 4.72. The molecular weight excluding hydrogens is 280 g/mol. The van der Waals surface area contributed by atoms with Crippen LogP contribution >= 0.6 is 0 Å². The predicted molar refractivity (Wildman–Crippen MR) is 94.1 cm³/mol. The second-order valence-electron chi connectivity index (χ2n) is 6.25. The molecular formula is C21H20N2. The number of pyridine rings is 2. The van der Waals surface area contributed by atoms with Crippen LogP contribution in [0.1, 0.15) is 37.2 Å². The van der Waals surface area contributed by atoms with Gasteiger partial charge in [-0.25, -0.2) is 0 Å². The molecule has 2 aromatic heterocycles. The zero-order valence-corrected chi connectivity index (χ0v) is 13.2. The average Bonchev–Trinajstić information content (AvgIpc) is 3.17. The van der Waals surface area contributed by atoms with Crippen LogP contribution in [0.4, 0.5) is 0 Å². The molecule has 23 heavy (non-hydrogen) atoms. The fourth-order valence-corrected chi connectivity index (χ4v) is 3.58. The molecule has 0 spiro atoms. The van der Waals surface area contributed by atoms with E-state index in [2.05, 4.69) is 47.4 Å². The molecule has 2 heterocycles. The lowest BCUT2D eigenvalue weighted by Crippen LogP contribution is -1.99. The molecule has 0 atom stereocenters. The van der Waals surface area contributed by atoms with Crippen LogP contribution in [0, 0.1) is 0 Å². The van der Waals surface area contributed by atoms with Crippen molar-refractivity contribution in [3.63, 3.8) is 0 Å². The standard InChI is InChI=1S/C21H20N2/c1-2-7-17(8-3-1)20-15-23-21(18-11-6-12-22-14-18)13-19(20)16-9-4-5-10-16/h1-3,6-8,11-16H,4-5,9-10H2. The van der Waals surface area contributed by atoms with Gasteiger partial charge in [-0.05, 0) is 48.1 Å². The highest BCUT2D eigenvalue weighted by molar-refractivity contribution is 5.71. The number of nitrogens with zero attached hydrogens (tertiary/aromatic N) is 2. The highest BCUT2D eigenvalue weighted by Crippen LogP contribution is 2.40. The van der Waals surface area contributed by atoms with E-state index < -0.39 is 0 Å². The lowest BCUT2D eigenvalue weighted by Gasteiger charge is -2.17. The topological polar surface area (TPSA) is 25.8 Å². The Morgan fingerprint density at radius 2 is 1.61 bits per heavy atom. The van der Waals surface area contributed by atoms with Gasteiger partial charge in [0.15, 0.2) is 0 Å². The summed E-state index contributed by atoms with van der Waals surface area (Å²) in [5, 5.41) is 0. The Balaban J connectivity index is 1.83. The summed E-state index contributed by atoms with van der Waals surface area (Å²) < 4.78 is 0. The summed E-state index contributed by atoms with van der Waals surface area (Å²) in [6.45, 7) is 0. The van der Waals surface area contributed by atoms with Crippen LogP contribution in [-0.4, -0.2) is 9.97 Å². The van der Waals surface area contributed by atoms with E-state index in [-0.39, 0.29) is 0 Å². The molecule has 0 saturated heterocycles. The Hall–Kier alpha value is -2.48. The first-order chi connectivity index (χ1) is 11.4. The van der Waals surface area contributed by atoms with Gasteiger partial charge in [0.2, 0.25) is 0 Å². The highest BCUT2D eigenvalue weighted by Gasteiger charge is 2.21. The van der Waals surface area contributed by atoms with Crippen LogP contribution in [0.15, 0.2) is 67.1 Å². The summed E-state index contributed by atoms with van der Waals surface area (Å²) in [5.41, 5.74) is 6.11. The van der Waals surface area contributed by atoms with Gasteiger partial charge in [-0.15, -0.1) is 0 Å². The zero-order valence-electron chi connectivity index (χ0n) is 13.2. The largest absolute Gasteiger partial charge is 0.264 e. The zero-order chi connectivity index (χ0) is 15.5. The lowest BCUT2D eigenvalue weighted by atomic mass is 9.89. The fraction of sp³-hybridized carbons (Fsp3) is 0.238. The summed E-state index contributed by atoms with van der Waals surface area (Å²) in [4.78, 5) is 8.95. The predicted octanol–water partition coefficient (Wildman–Crippen LogP) is 5.47. The SMILES string of the molecule is c1ccc(-c2cnc(-c3cccnc3)cc2C2CCCC2)cc1. The van der Waals surface area contributed by atoms with Crippen molar-refractivity contribution in [2.24, 2.45) is 0 Å². The van der Waals surface area contributed by atoms with Crippen molar-refractivity contribution < 1.29 is 0 Å². The van der Waals surface area contributed by atoms with E-state index in [1.807, 2.05) is 18.5 Å². The normalized spacial score (nSPS) is 15.0. The fourth-order valence-electron chi connectivity index (χ4n) is 3.58. The molecule has 1 aliphatic rings. The molecule has 0 aliphatic heterocycles. The molecule has 0 unspecified atom stereocenters. The maximum Gasteiger partial charge on any atom is 0.0720 e. The smallest absolute Gasteiger partial charge is 0.0720 e. The van der Waals surface area contributed by atoms with E-state index in [0.717, 1.165) is 11.3 Å². The summed E-state index contributed by atoms with van der Waals surface area (Å²) in [7, 11) is 0. The van der Waals surface area contributed by atoms with Crippen LogP contribution in [-0.2, 0) is 0 Å². The molecule has 1 fully saturated rings. The van der Waals surface area contributed by atoms with Crippen molar-refractivity contribution in [2.45, 2.75) is 31.6 Å². The third-order valence-corrected chi connectivity index (χ3v) is 4.77. The third kappa shape index (κ3) is 2.89. The highest BCUT2D eigenvalue weighted by atomic mass is 14.7. The molecule has 1 saturated carbocycles. The Kier molecular flexibility index (Phi) is 3.89. The first-order valence-electron chi connectivity index (χ1n) is 8.37. The molecule has 3 aromatic rings. The molecule has 1 aliphatic carbocycles. The van der Waals surface area contributed by atoms with Crippen molar-refractivity contribution in [1.82, 2.24) is 9.97 Å². The monoisotopic (exact) mass is 300 g/mol. The Morgan fingerprint density at radius 3 is 2.35 bits per heavy atom. The second-order valence-corrected chi connectivity index (χ2v) is 6.25. The third-order valence-electron chi connectivity index (χ3n) is 4.77. The quantitative estimate of drug-likeness (QED) is 0.641. The Labute approximate surface area is 137 Å². The summed E-state index contributed by atoms with van der Waals surface area (Å²) in [6, 6.07) is 17.0. The van der Waals surface area contributed by atoms with Gasteiger partial charge in [0.25, 0.3) is 0 Å². The van der Waals surface area contributed by atoms with Crippen LogP contribution < -0.4 is 0 Å². The van der Waals surface area contributed by atoms with Crippen molar-refractivity contribution >= 4 is 0 Å². The summed E-state index contributed by atoms with van der Waals surface area (Å²) in [6.07, 6.45) is 11.0. The van der Waals surface area contributed by atoms with Gasteiger partial charge >= 0.3 is 0 Å². The molecule has 0 amide bonds. The number of benzene rings is 1. The molecule has 0 bridgehead atoms. The molecule has 0 radical (unpaired) electrons. The van der Waals surface area contributed by atoms with E-state index in [9.17, 15) is 0 Å². The van der Waals surface area contributed by atoms with Crippen molar-refractivity contribution in [1.29, 1.82) is 0 Å². The van der Waals surface area contributed by atoms with Crippen LogP contribution in [0.25, 0.3) is 22.4 Å². The number of hydrogen-bond donors (Lipinski definition) is 0. The van der Waals surface area contributed by atoms with Gasteiger partial charge in [-0.2, -0.15) is 0 Å². The van der Waals surface area contributed by atoms with Gasteiger partial charge in [0.1, 0.15) is 0 Å². The van der Waals surface area contributed by atoms with Crippen molar-refractivity contribution in [3.8, 4) is 22.4 Å².